The average molecular weight is 367 g/mol. The molecular weight excluding hydrogens is 347 g/mol. The van der Waals surface area contributed by atoms with Crippen LogP contribution >= 0.6 is 11.6 Å². The maximum absolute atomic E-state index is 13.8. The van der Waals surface area contributed by atoms with Gasteiger partial charge in [0.05, 0.1) is 20.8 Å². The molecule has 0 unspecified atom stereocenters. The number of amides is 1. The summed E-state index contributed by atoms with van der Waals surface area (Å²) >= 11 is 6.01. The normalized spacial score (nSPS) is 10.6. The summed E-state index contributed by atoms with van der Waals surface area (Å²) in [7, 11) is 4.78. The summed E-state index contributed by atoms with van der Waals surface area (Å²) in [6.45, 7) is 0.296. The minimum atomic E-state index is -0.391. The lowest BCUT2D eigenvalue weighted by molar-refractivity contribution is -0.117. The number of methoxy groups -OCH3 is 2. The van der Waals surface area contributed by atoms with Crippen LogP contribution < -0.4 is 14.8 Å². The Morgan fingerprint density at radius 3 is 2.40 bits per heavy atom. The summed E-state index contributed by atoms with van der Waals surface area (Å²) in [6, 6.07) is 9.60. The highest BCUT2D eigenvalue weighted by Gasteiger charge is 2.13. The summed E-state index contributed by atoms with van der Waals surface area (Å²) < 4.78 is 24.2. The van der Waals surface area contributed by atoms with Crippen molar-refractivity contribution < 1.29 is 18.7 Å². The highest BCUT2D eigenvalue weighted by atomic mass is 35.5. The van der Waals surface area contributed by atoms with E-state index in [1.54, 1.807) is 42.3 Å². The lowest BCUT2D eigenvalue weighted by Crippen LogP contribution is -2.30. The molecule has 1 amide bonds. The van der Waals surface area contributed by atoms with Gasteiger partial charge in [-0.25, -0.2) is 4.39 Å². The van der Waals surface area contributed by atoms with Crippen LogP contribution in [0.3, 0.4) is 0 Å². The van der Waals surface area contributed by atoms with E-state index in [1.165, 1.54) is 20.3 Å². The number of hydrogen-bond donors (Lipinski definition) is 1. The zero-order chi connectivity index (χ0) is 18.4. The molecule has 2 aromatic rings. The van der Waals surface area contributed by atoms with E-state index in [-0.39, 0.29) is 19.0 Å². The quantitative estimate of drug-likeness (QED) is 0.814. The molecule has 0 radical (unpaired) electrons. The van der Waals surface area contributed by atoms with E-state index in [9.17, 15) is 9.18 Å². The number of anilines is 1. The van der Waals surface area contributed by atoms with Gasteiger partial charge < -0.3 is 14.8 Å². The molecule has 0 aliphatic rings. The van der Waals surface area contributed by atoms with Gasteiger partial charge in [0, 0.05) is 41.0 Å². The van der Waals surface area contributed by atoms with Crippen LogP contribution in [0.5, 0.6) is 11.5 Å². The number of carbonyl (C=O) groups excluding carboxylic acids is 1. The Labute approximate surface area is 151 Å². The summed E-state index contributed by atoms with van der Waals surface area (Å²) in [5.41, 5.74) is 0.918. The lowest BCUT2D eigenvalue weighted by Gasteiger charge is -2.18. The smallest absolute Gasteiger partial charge is 0.238 e. The Kier molecular flexibility index (Phi) is 6.61. The second kappa shape index (κ2) is 8.69. The first-order valence-corrected chi connectivity index (χ1v) is 7.95. The van der Waals surface area contributed by atoms with Crippen LogP contribution in [-0.2, 0) is 11.3 Å². The van der Waals surface area contributed by atoms with Crippen LogP contribution in [0.4, 0.5) is 10.1 Å². The van der Waals surface area contributed by atoms with E-state index in [1.807, 2.05) is 0 Å². The Balaban J connectivity index is 2.00. The van der Waals surface area contributed by atoms with E-state index in [0.29, 0.717) is 27.8 Å². The number of rotatable bonds is 7. The minimum absolute atomic E-state index is 0.0736. The standard InChI is InChI=1S/C18H20ClFN2O3/c1-22(10-15-16(19)5-4-6-17(15)20)11-18(23)21-12-7-13(24-2)9-14(8-12)25-3/h4-9H,10-11H2,1-3H3,(H,21,23). The van der Waals surface area contributed by atoms with E-state index in [0.717, 1.165) is 0 Å². The van der Waals surface area contributed by atoms with Gasteiger partial charge in [0.2, 0.25) is 5.91 Å². The molecule has 0 spiro atoms. The van der Waals surface area contributed by atoms with Gasteiger partial charge in [-0.3, -0.25) is 9.69 Å². The molecule has 0 aliphatic carbocycles. The monoisotopic (exact) mass is 366 g/mol. The van der Waals surface area contributed by atoms with Crippen LogP contribution in [0.25, 0.3) is 0 Å². The Hall–Kier alpha value is -2.31. The molecule has 134 valence electrons. The number of ether oxygens (including phenoxy) is 2. The third kappa shape index (κ3) is 5.34. The Morgan fingerprint density at radius 2 is 1.84 bits per heavy atom. The number of carbonyl (C=O) groups is 1. The van der Waals surface area contributed by atoms with Crippen LogP contribution in [0.15, 0.2) is 36.4 Å². The molecular formula is C18H20ClFN2O3. The largest absolute Gasteiger partial charge is 0.497 e. The van der Waals surface area contributed by atoms with Gasteiger partial charge in [0.15, 0.2) is 0 Å². The topological polar surface area (TPSA) is 50.8 Å². The van der Waals surface area contributed by atoms with Crippen molar-refractivity contribution in [3.8, 4) is 11.5 Å². The van der Waals surface area contributed by atoms with Crippen molar-refractivity contribution in [3.63, 3.8) is 0 Å². The van der Waals surface area contributed by atoms with Crippen LogP contribution in [-0.4, -0.2) is 38.6 Å². The van der Waals surface area contributed by atoms with Crippen LogP contribution in [0.2, 0.25) is 5.02 Å². The van der Waals surface area contributed by atoms with E-state index < -0.39 is 5.82 Å². The molecule has 0 aromatic heterocycles. The van der Waals surface area contributed by atoms with Gasteiger partial charge in [-0.1, -0.05) is 17.7 Å². The first kappa shape index (κ1) is 19.0. The highest BCUT2D eigenvalue weighted by Crippen LogP contribution is 2.26. The molecule has 0 heterocycles. The fraction of sp³-hybridized carbons (Fsp3) is 0.278. The third-order valence-electron chi connectivity index (χ3n) is 3.54. The summed E-state index contributed by atoms with van der Waals surface area (Å²) in [5.74, 6) is 0.504. The number of halogens is 2. The predicted octanol–water partition coefficient (Wildman–Crippen LogP) is 3.57. The van der Waals surface area contributed by atoms with Crippen molar-refractivity contribution in [1.29, 1.82) is 0 Å². The van der Waals surface area contributed by atoms with E-state index >= 15 is 0 Å². The molecule has 2 rings (SSSR count). The first-order valence-electron chi connectivity index (χ1n) is 7.57. The van der Waals surface area contributed by atoms with Crippen molar-refractivity contribution in [3.05, 3.63) is 52.8 Å². The van der Waals surface area contributed by atoms with Gasteiger partial charge in [-0.2, -0.15) is 0 Å². The maximum Gasteiger partial charge on any atom is 0.238 e. The number of likely N-dealkylation sites (N-methyl/N-ethyl adjacent to an activating group) is 1. The molecule has 5 nitrogen and oxygen atoms in total. The molecule has 25 heavy (non-hydrogen) atoms. The third-order valence-corrected chi connectivity index (χ3v) is 3.89. The lowest BCUT2D eigenvalue weighted by atomic mass is 10.2. The zero-order valence-corrected chi connectivity index (χ0v) is 15.1. The van der Waals surface area contributed by atoms with Gasteiger partial charge in [0.25, 0.3) is 0 Å². The highest BCUT2D eigenvalue weighted by molar-refractivity contribution is 6.31. The van der Waals surface area contributed by atoms with Crippen molar-refractivity contribution >= 4 is 23.2 Å². The molecule has 0 aliphatic heterocycles. The number of nitrogens with zero attached hydrogens (tertiary/aromatic N) is 1. The molecule has 1 N–H and O–H groups in total. The molecule has 0 atom stereocenters. The van der Waals surface area contributed by atoms with Gasteiger partial charge in [-0.05, 0) is 19.2 Å². The Morgan fingerprint density at radius 1 is 1.20 bits per heavy atom. The Bertz CT molecular complexity index is 713. The second-order valence-corrected chi connectivity index (χ2v) is 5.93. The number of hydrogen-bond acceptors (Lipinski definition) is 4. The van der Waals surface area contributed by atoms with E-state index in [4.69, 9.17) is 21.1 Å². The van der Waals surface area contributed by atoms with Gasteiger partial charge >= 0.3 is 0 Å². The molecule has 0 saturated carbocycles. The molecule has 0 saturated heterocycles. The number of nitrogens with one attached hydrogen (secondary N) is 1. The summed E-state index contributed by atoms with van der Waals surface area (Å²) in [5, 5.41) is 3.11. The fourth-order valence-electron chi connectivity index (χ4n) is 2.33. The molecule has 2 aromatic carbocycles. The van der Waals surface area contributed by atoms with Crippen molar-refractivity contribution in [2.45, 2.75) is 6.54 Å². The van der Waals surface area contributed by atoms with E-state index in [2.05, 4.69) is 5.32 Å². The van der Waals surface area contributed by atoms with Crippen molar-refractivity contribution in [2.75, 3.05) is 33.1 Å². The predicted molar refractivity (Wildman–Crippen MR) is 95.9 cm³/mol. The van der Waals surface area contributed by atoms with Gasteiger partial charge in [0.1, 0.15) is 17.3 Å². The minimum Gasteiger partial charge on any atom is -0.497 e. The fourth-order valence-corrected chi connectivity index (χ4v) is 2.56. The van der Waals surface area contributed by atoms with Gasteiger partial charge in [-0.15, -0.1) is 0 Å². The summed E-state index contributed by atoms with van der Waals surface area (Å²) in [6.07, 6.45) is 0. The summed E-state index contributed by atoms with van der Waals surface area (Å²) in [4.78, 5) is 13.9. The van der Waals surface area contributed by atoms with Crippen molar-refractivity contribution in [2.24, 2.45) is 0 Å². The van der Waals surface area contributed by atoms with Crippen molar-refractivity contribution in [1.82, 2.24) is 4.90 Å². The average Bonchev–Trinajstić information content (AvgIpc) is 2.57. The first-order chi connectivity index (χ1) is 11.9. The van der Waals surface area contributed by atoms with Crippen LogP contribution in [0, 0.1) is 5.82 Å². The molecule has 7 heteroatoms. The van der Waals surface area contributed by atoms with Crippen LogP contribution in [0.1, 0.15) is 5.56 Å². The molecule has 0 bridgehead atoms. The molecule has 0 fully saturated rings. The SMILES string of the molecule is COc1cc(NC(=O)CN(C)Cc2c(F)cccc2Cl)cc(OC)c1. The number of benzene rings is 2. The maximum atomic E-state index is 13.8. The second-order valence-electron chi connectivity index (χ2n) is 5.52. The zero-order valence-electron chi connectivity index (χ0n) is 14.3.